The average Bonchev–Trinajstić information content (AvgIpc) is 2.79. The van der Waals surface area contributed by atoms with Crippen molar-refractivity contribution in [3.05, 3.63) is 87.4 Å². The van der Waals surface area contributed by atoms with Gasteiger partial charge in [-0.05, 0) is 85.8 Å². The number of amides is 1. The van der Waals surface area contributed by atoms with Crippen molar-refractivity contribution in [1.29, 1.82) is 0 Å². The van der Waals surface area contributed by atoms with Crippen molar-refractivity contribution in [2.45, 2.75) is 51.5 Å². The summed E-state index contributed by atoms with van der Waals surface area (Å²) < 4.78 is 34.0. The fraction of sp³-hybridized carbons (Fsp3) is 0.296. The molecule has 6 nitrogen and oxygen atoms in total. The number of benzene rings is 3. The number of hydrogen-bond acceptors (Lipinski definition) is 4. The molecule has 0 aliphatic rings. The zero-order valence-electron chi connectivity index (χ0n) is 20.8. The van der Waals surface area contributed by atoms with Crippen LogP contribution in [-0.2, 0) is 10.0 Å². The van der Waals surface area contributed by atoms with Crippen LogP contribution in [0.3, 0.4) is 0 Å². The summed E-state index contributed by atoms with van der Waals surface area (Å²) in [7, 11) is -2.35. The summed E-state index contributed by atoms with van der Waals surface area (Å²) in [6, 6.07) is 14.9. The van der Waals surface area contributed by atoms with Gasteiger partial charge in [0.25, 0.3) is 15.9 Å². The molecule has 3 aromatic carbocycles. The van der Waals surface area contributed by atoms with Crippen LogP contribution >= 0.6 is 11.6 Å². The number of ether oxygens (including phenoxy) is 1. The number of halogens is 1. The first-order chi connectivity index (χ1) is 16.4. The lowest BCUT2D eigenvalue weighted by Crippen LogP contribution is -2.27. The lowest BCUT2D eigenvalue weighted by atomic mass is 9.93. The molecule has 0 saturated heterocycles. The van der Waals surface area contributed by atoms with Crippen LogP contribution in [0.4, 0.5) is 5.69 Å². The van der Waals surface area contributed by atoms with Crippen molar-refractivity contribution in [2.75, 3.05) is 11.8 Å². The number of carbonyl (C=O) groups is 1. The molecule has 0 saturated carbocycles. The summed E-state index contributed by atoms with van der Waals surface area (Å²) >= 11 is 6.21. The van der Waals surface area contributed by atoms with Gasteiger partial charge in [-0.15, -0.1) is 0 Å². The first kappa shape index (κ1) is 26.6. The van der Waals surface area contributed by atoms with Crippen LogP contribution in [-0.4, -0.2) is 21.4 Å². The fourth-order valence-electron chi connectivity index (χ4n) is 3.85. The van der Waals surface area contributed by atoms with Gasteiger partial charge in [-0.2, -0.15) is 0 Å². The molecule has 35 heavy (non-hydrogen) atoms. The van der Waals surface area contributed by atoms with Crippen molar-refractivity contribution in [3.63, 3.8) is 0 Å². The largest absolute Gasteiger partial charge is 0.496 e. The van der Waals surface area contributed by atoms with E-state index in [4.69, 9.17) is 16.3 Å². The Kier molecular flexibility index (Phi) is 8.13. The summed E-state index contributed by atoms with van der Waals surface area (Å²) in [6.07, 6.45) is 0. The van der Waals surface area contributed by atoms with E-state index >= 15 is 0 Å². The van der Waals surface area contributed by atoms with E-state index in [0.29, 0.717) is 5.69 Å². The van der Waals surface area contributed by atoms with E-state index in [9.17, 15) is 13.2 Å². The van der Waals surface area contributed by atoms with Crippen LogP contribution in [0.1, 0.15) is 65.3 Å². The number of rotatable bonds is 8. The van der Waals surface area contributed by atoms with Crippen LogP contribution in [0.25, 0.3) is 0 Å². The molecule has 8 heteroatoms. The standard InChI is InChI=1S/C27H31ClN2O4S/c1-16(2)22-15-23(18(4)13-25(22)34-6)19(5)29-27(31)20-9-12-24(28)26(14-20)35(32,33)30-21-10-7-17(3)8-11-21/h7-16,19,30H,1-6H3,(H,29,31). The third-order valence-electron chi connectivity index (χ3n) is 5.84. The number of nitrogens with one attached hydrogen (secondary N) is 2. The highest BCUT2D eigenvalue weighted by Crippen LogP contribution is 2.32. The third-order valence-corrected chi connectivity index (χ3v) is 7.70. The minimum absolute atomic E-state index is 0.0294. The molecule has 0 aliphatic carbocycles. The Morgan fingerprint density at radius 3 is 2.20 bits per heavy atom. The molecule has 1 unspecified atom stereocenters. The third kappa shape index (κ3) is 6.16. The second-order valence-corrected chi connectivity index (χ2v) is 11.0. The molecular formula is C27H31ClN2O4S. The van der Waals surface area contributed by atoms with Crippen molar-refractivity contribution in [2.24, 2.45) is 0 Å². The molecule has 3 rings (SSSR count). The predicted octanol–water partition coefficient (Wildman–Crippen LogP) is 6.38. The maximum Gasteiger partial charge on any atom is 0.263 e. The Hall–Kier alpha value is -3.03. The van der Waals surface area contributed by atoms with Crippen LogP contribution in [0.5, 0.6) is 5.75 Å². The maximum atomic E-state index is 13.1. The SMILES string of the molecule is COc1cc(C)c(C(C)NC(=O)c2ccc(Cl)c(S(=O)(=O)Nc3ccc(C)cc3)c2)cc1C(C)C. The van der Waals surface area contributed by atoms with Gasteiger partial charge >= 0.3 is 0 Å². The number of anilines is 1. The minimum Gasteiger partial charge on any atom is -0.496 e. The van der Waals surface area contributed by atoms with Crippen molar-refractivity contribution in [3.8, 4) is 5.75 Å². The Labute approximate surface area is 212 Å². The second-order valence-electron chi connectivity index (χ2n) is 8.92. The smallest absolute Gasteiger partial charge is 0.263 e. The summed E-state index contributed by atoms with van der Waals surface area (Å²) in [6.45, 7) is 9.94. The Morgan fingerprint density at radius 1 is 0.943 bits per heavy atom. The van der Waals surface area contributed by atoms with E-state index in [1.807, 2.05) is 32.9 Å². The summed E-state index contributed by atoms with van der Waals surface area (Å²) in [5.74, 6) is 0.660. The highest BCUT2D eigenvalue weighted by molar-refractivity contribution is 7.92. The van der Waals surface area contributed by atoms with Gasteiger partial charge in [0, 0.05) is 11.3 Å². The molecule has 1 atom stereocenters. The molecule has 0 radical (unpaired) electrons. The highest BCUT2D eigenvalue weighted by atomic mass is 35.5. The minimum atomic E-state index is -4.00. The number of hydrogen-bond donors (Lipinski definition) is 2. The molecular weight excluding hydrogens is 484 g/mol. The Bertz CT molecular complexity index is 1340. The van der Waals surface area contributed by atoms with E-state index < -0.39 is 15.9 Å². The Balaban J connectivity index is 1.86. The Morgan fingerprint density at radius 2 is 1.60 bits per heavy atom. The van der Waals surface area contributed by atoms with Gasteiger partial charge in [-0.3, -0.25) is 9.52 Å². The molecule has 186 valence electrons. The van der Waals surface area contributed by atoms with Gasteiger partial charge in [0.1, 0.15) is 10.6 Å². The van der Waals surface area contributed by atoms with Gasteiger partial charge in [0.05, 0.1) is 18.2 Å². The van der Waals surface area contributed by atoms with Crippen LogP contribution in [0.15, 0.2) is 59.5 Å². The lowest BCUT2D eigenvalue weighted by molar-refractivity contribution is 0.0939. The van der Waals surface area contributed by atoms with E-state index in [2.05, 4.69) is 23.9 Å². The second kappa shape index (κ2) is 10.7. The summed E-state index contributed by atoms with van der Waals surface area (Å²) in [5, 5.41) is 3.00. The van der Waals surface area contributed by atoms with Gasteiger partial charge in [-0.25, -0.2) is 8.42 Å². The maximum absolute atomic E-state index is 13.1. The van der Waals surface area contributed by atoms with Gasteiger partial charge < -0.3 is 10.1 Å². The molecule has 2 N–H and O–H groups in total. The quantitative estimate of drug-likeness (QED) is 0.365. The van der Waals surface area contributed by atoms with E-state index in [-0.39, 0.29) is 27.4 Å². The summed E-state index contributed by atoms with van der Waals surface area (Å²) in [4.78, 5) is 12.9. The fourth-order valence-corrected chi connectivity index (χ4v) is 5.44. The van der Waals surface area contributed by atoms with Gasteiger partial charge in [-0.1, -0.05) is 43.1 Å². The van der Waals surface area contributed by atoms with Crippen LogP contribution in [0, 0.1) is 13.8 Å². The first-order valence-corrected chi connectivity index (χ1v) is 13.2. The number of carbonyl (C=O) groups excluding carboxylic acids is 1. The lowest BCUT2D eigenvalue weighted by Gasteiger charge is -2.21. The monoisotopic (exact) mass is 514 g/mol. The molecule has 0 aromatic heterocycles. The van der Waals surface area contributed by atoms with E-state index in [1.54, 1.807) is 31.4 Å². The predicted molar refractivity (Wildman–Crippen MR) is 141 cm³/mol. The molecule has 3 aromatic rings. The van der Waals surface area contributed by atoms with Crippen molar-refractivity contribution >= 4 is 33.2 Å². The van der Waals surface area contributed by atoms with Gasteiger partial charge in [0.15, 0.2) is 0 Å². The normalized spacial score (nSPS) is 12.3. The number of methoxy groups -OCH3 is 1. The number of sulfonamides is 1. The molecule has 0 spiro atoms. The van der Waals surface area contributed by atoms with E-state index in [0.717, 1.165) is 28.0 Å². The first-order valence-electron chi connectivity index (χ1n) is 11.3. The molecule has 0 heterocycles. The topological polar surface area (TPSA) is 84.5 Å². The highest BCUT2D eigenvalue weighted by Gasteiger charge is 2.22. The van der Waals surface area contributed by atoms with Gasteiger partial charge in [0.2, 0.25) is 0 Å². The van der Waals surface area contributed by atoms with Crippen LogP contribution < -0.4 is 14.8 Å². The van der Waals surface area contributed by atoms with Crippen LogP contribution in [0.2, 0.25) is 5.02 Å². The van der Waals surface area contributed by atoms with E-state index in [1.165, 1.54) is 18.2 Å². The average molecular weight is 515 g/mol. The summed E-state index contributed by atoms with van der Waals surface area (Å²) in [5.41, 5.74) is 4.61. The zero-order chi connectivity index (χ0) is 25.9. The molecule has 0 bridgehead atoms. The zero-order valence-corrected chi connectivity index (χ0v) is 22.3. The molecule has 0 aliphatic heterocycles. The van der Waals surface area contributed by atoms with Crippen molar-refractivity contribution in [1.82, 2.24) is 5.32 Å². The number of aryl methyl sites for hydroxylation is 2. The molecule has 0 fully saturated rings. The van der Waals surface area contributed by atoms with Crippen molar-refractivity contribution < 1.29 is 17.9 Å². The molecule has 1 amide bonds.